The predicted octanol–water partition coefficient (Wildman–Crippen LogP) is 3.13. The van der Waals surface area contributed by atoms with Gasteiger partial charge in [-0.25, -0.2) is 4.98 Å². The van der Waals surface area contributed by atoms with Gasteiger partial charge in [-0.1, -0.05) is 19.1 Å². The fourth-order valence-corrected chi connectivity index (χ4v) is 3.09. The third-order valence-corrected chi connectivity index (χ3v) is 4.06. The number of fused-ring (bicyclic) bond motifs is 1. The Morgan fingerprint density at radius 1 is 1.22 bits per heavy atom. The molecule has 0 aliphatic carbocycles. The lowest BCUT2D eigenvalue weighted by atomic mass is 10.2. The normalized spacial score (nSPS) is 13.0. The van der Waals surface area contributed by atoms with Crippen LogP contribution in [0.3, 0.4) is 0 Å². The summed E-state index contributed by atoms with van der Waals surface area (Å²) in [6.07, 6.45) is -0.1000. The Kier molecular flexibility index (Phi) is 5.42. The molecule has 23 heavy (non-hydrogen) atoms. The largest absolute Gasteiger partial charge is 0.385 e. The van der Waals surface area contributed by atoms with Crippen molar-refractivity contribution in [2.45, 2.75) is 65.8 Å². The summed E-state index contributed by atoms with van der Waals surface area (Å²) < 4.78 is 1.85. The molecule has 0 aliphatic rings. The number of benzene rings is 1. The molecule has 1 aromatic carbocycles. The molecule has 0 spiro atoms. The molecular formula is C18H27N3O2. The summed E-state index contributed by atoms with van der Waals surface area (Å²) in [6.45, 7) is 10.2. The zero-order valence-electron chi connectivity index (χ0n) is 14.7. The highest BCUT2D eigenvalue weighted by atomic mass is 16.3. The zero-order valence-corrected chi connectivity index (χ0v) is 14.7. The molecule has 5 nitrogen and oxygen atoms in total. The van der Waals surface area contributed by atoms with Crippen LogP contribution < -0.4 is 0 Å². The molecule has 2 aromatic rings. The number of amides is 1. The van der Waals surface area contributed by atoms with Gasteiger partial charge < -0.3 is 14.6 Å². The fourth-order valence-electron chi connectivity index (χ4n) is 3.09. The number of nitrogens with zero attached hydrogens (tertiary/aromatic N) is 3. The van der Waals surface area contributed by atoms with E-state index in [1.54, 1.807) is 0 Å². The molecule has 1 atom stereocenters. The van der Waals surface area contributed by atoms with Crippen molar-refractivity contribution in [3.05, 3.63) is 30.1 Å². The third kappa shape index (κ3) is 3.55. The van der Waals surface area contributed by atoms with Gasteiger partial charge >= 0.3 is 0 Å². The average Bonchev–Trinajstić information content (AvgIpc) is 2.84. The number of hydrogen-bond acceptors (Lipinski definition) is 3. The summed E-state index contributed by atoms with van der Waals surface area (Å²) >= 11 is 0. The summed E-state index contributed by atoms with van der Waals surface area (Å²) in [5, 5.41) is 10.3. The molecule has 5 heteroatoms. The van der Waals surface area contributed by atoms with Gasteiger partial charge in [-0.3, -0.25) is 4.79 Å². The van der Waals surface area contributed by atoms with Crippen LogP contribution in [0.25, 0.3) is 11.0 Å². The van der Waals surface area contributed by atoms with Crippen molar-refractivity contribution in [2.75, 3.05) is 0 Å². The van der Waals surface area contributed by atoms with E-state index in [0.717, 1.165) is 11.0 Å². The summed E-state index contributed by atoms with van der Waals surface area (Å²) in [7, 11) is 0. The highest BCUT2D eigenvalue weighted by Crippen LogP contribution is 2.23. The highest BCUT2D eigenvalue weighted by molar-refractivity contribution is 5.81. The van der Waals surface area contributed by atoms with Crippen LogP contribution in [0.2, 0.25) is 0 Å². The summed E-state index contributed by atoms with van der Waals surface area (Å²) in [6, 6.07) is 7.96. The Bertz CT molecular complexity index is 668. The van der Waals surface area contributed by atoms with E-state index in [1.807, 2.05) is 68.4 Å². The van der Waals surface area contributed by atoms with E-state index < -0.39 is 6.10 Å². The van der Waals surface area contributed by atoms with Crippen molar-refractivity contribution in [1.82, 2.24) is 14.5 Å². The molecule has 0 unspecified atom stereocenters. The lowest BCUT2D eigenvalue weighted by molar-refractivity contribution is -0.135. The highest BCUT2D eigenvalue weighted by Gasteiger charge is 2.24. The van der Waals surface area contributed by atoms with E-state index in [2.05, 4.69) is 4.98 Å². The Hall–Kier alpha value is -1.88. The van der Waals surface area contributed by atoms with Crippen molar-refractivity contribution in [3.63, 3.8) is 0 Å². The molecule has 0 bridgehead atoms. The molecule has 0 saturated heterocycles. The van der Waals surface area contributed by atoms with Gasteiger partial charge in [0.25, 0.3) is 0 Å². The SMILES string of the molecule is CC[C@H](O)c1nc2ccccc2n1CC(=O)N(C(C)C)C(C)C. The van der Waals surface area contributed by atoms with E-state index in [-0.39, 0.29) is 24.5 Å². The minimum Gasteiger partial charge on any atom is -0.385 e. The summed E-state index contributed by atoms with van der Waals surface area (Å²) in [5.41, 5.74) is 1.69. The lowest BCUT2D eigenvalue weighted by Crippen LogP contribution is -2.43. The van der Waals surface area contributed by atoms with E-state index in [9.17, 15) is 9.90 Å². The van der Waals surface area contributed by atoms with Crippen LogP contribution in [0.1, 0.15) is 53.0 Å². The van der Waals surface area contributed by atoms with Gasteiger partial charge in [0.15, 0.2) is 0 Å². The molecule has 1 heterocycles. The lowest BCUT2D eigenvalue weighted by Gasteiger charge is -2.31. The maximum absolute atomic E-state index is 12.8. The zero-order chi connectivity index (χ0) is 17.1. The standard InChI is InChI=1S/C18H27N3O2/c1-6-16(22)18-19-14-9-7-8-10-15(14)20(18)11-17(23)21(12(2)3)13(4)5/h7-10,12-13,16,22H,6,11H2,1-5H3/t16-/m0/s1. The maximum atomic E-state index is 12.8. The van der Waals surface area contributed by atoms with Crippen LogP contribution in [0.4, 0.5) is 0 Å². The number of aromatic nitrogens is 2. The second kappa shape index (κ2) is 7.13. The van der Waals surface area contributed by atoms with Crippen molar-refractivity contribution in [1.29, 1.82) is 0 Å². The van der Waals surface area contributed by atoms with Gasteiger partial charge in [0.1, 0.15) is 18.5 Å². The molecule has 126 valence electrons. The second-order valence-corrected chi connectivity index (χ2v) is 6.46. The Morgan fingerprint density at radius 3 is 2.39 bits per heavy atom. The summed E-state index contributed by atoms with van der Waals surface area (Å²) in [4.78, 5) is 19.2. The van der Waals surface area contributed by atoms with Crippen LogP contribution in [0, 0.1) is 0 Å². The van der Waals surface area contributed by atoms with Gasteiger partial charge in [-0.15, -0.1) is 0 Å². The fraction of sp³-hybridized carbons (Fsp3) is 0.556. The van der Waals surface area contributed by atoms with Gasteiger partial charge in [0.05, 0.1) is 11.0 Å². The first-order chi connectivity index (χ1) is 10.9. The van der Waals surface area contributed by atoms with Crippen LogP contribution in [-0.4, -0.2) is 37.5 Å². The van der Waals surface area contributed by atoms with E-state index >= 15 is 0 Å². The van der Waals surface area contributed by atoms with Gasteiger partial charge in [0.2, 0.25) is 5.91 Å². The monoisotopic (exact) mass is 317 g/mol. The minimum atomic E-state index is -0.665. The summed E-state index contributed by atoms with van der Waals surface area (Å²) in [5.74, 6) is 0.609. The first kappa shape index (κ1) is 17.5. The molecule has 0 aliphatic heterocycles. The van der Waals surface area contributed by atoms with Crippen molar-refractivity contribution < 1.29 is 9.90 Å². The Balaban J connectivity index is 2.43. The van der Waals surface area contributed by atoms with Crippen molar-refractivity contribution in [3.8, 4) is 0 Å². The number of para-hydroxylation sites is 2. The molecule has 1 aromatic heterocycles. The van der Waals surface area contributed by atoms with Crippen LogP contribution in [0.15, 0.2) is 24.3 Å². The number of aliphatic hydroxyl groups excluding tert-OH is 1. The topological polar surface area (TPSA) is 58.4 Å². The molecule has 0 saturated carbocycles. The molecule has 0 fully saturated rings. The molecule has 0 radical (unpaired) electrons. The van der Waals surface area contributed by atoms with Crippen LogP contribution in [-0.2, 0) is 11.3 Å². The predicted molar refractivity (Wildman–Crippen MR) is 92.1 cm³/mol. The van der Waals surface area contributed by atoms with Gasteiger partial charge in [-0.2, -0.15) is 0 Å². The quantitative estimate of drug-likeness (QED) is 0.890. The first-order valence-electron chi connectivity index (χ1n) is 8.31. The number of imidazole rings is 1. The van der Waals surface area contributed by atoms with Crippen molar-refractivity contribution in [2.24, 2.45) is 0 Å². The van der Waals surface area contributed by atoms with Gasteiger partial charge in [0, 0.05) is 12.1 Å². The molecule has 1 N–H and O–H groups in total. The van der Waals surface area contributed by atoms with E-state index in [4.69, 9.17) is 0 Å². The van der Waals surface area contributed by atoms with E-state index in [0.29, 0.717) is 12.2 Å². The third-order valence-electron chi connectivity index (χ3n) is 4.06. The molecule has 2 rings (SSSR count). The minimum absolute atomic E-state index is 0.0442. The number of aliphatic hydroxyl groups is 1. The van der Waals surface area contributed by atoms with Crippen LogP contribution in [0.5, 0.6) is 0 Å². The first-order valence-corrected chi connectivity index (χ1v) is 8.31. The van der Waals surface area contributed by atoms with Crippen molar-refractivity contribution >= 4 is 16.9 Å². The number of carbonyl (C=O) groups excluding carboxylic acids is 1. The average molecular weight is 317 g/mol. The number of rotatable bonds is 6. The smallest absolute Gasteiger partial charge is 0.243 e. The van der Waals surface area contributed by atoms with Crippen LogP contribution >= 0.6 is 0 Å². The molecule has 1 amide bonds. The van der Waals surface area contributed by atoms with Gasteiger partial charge in [-0.05, 0) is 46.2 Å². The maximum Gasteiger partial charge on any atom is 0.243 e. The second-order valence-electron chi connectivity index (χ2n) is 6.46. The number of carbonyl (C=O) groups is 1. The number of hydrogen-bond donors (Lipinski definition) is 1. The Labute approximate surface area is 137 Å². The Morgan fingerprint density at radius 2 is 1.83 bits per heavy atom. The molecular weight excluding hydrogens is 290 g/mol. The van der Waals surface area contributed by atoms with E-state index in [1.165, 1.54) is 0 Å².